The van der Waals surface area contributed by atoms with Gasteiger partial charge in [-0.05, 0) is 24.1 Å². The summed E-state index contributed by atoms with van der Waals surface area (Å²) in [6.45, 7) is -0.317. The predicted molar refractivity (Wildman–Crippen MR) is 58.3 cm³/mol. The fourth-order valence-corrected chi connectivity index (χ4v) is 3.30. The Kier molecular flexibility index (Phi) is 4.78. The molecule has 0 aliphatic rings. The summed E-state index contributed by atoms with van der Waals surface area (Å²) in [6.07, 6.45) is -2.69. The van der Waals surface area contributed by atoms with Crippen LogP contribution >= 0.6 is 11.3 Å². The van der Waals surface area contributed by atoms with Crippen molar-refractivity contribution >= 4 is 21.4 Å². The van der Waals surface area contributed by atoms with Gasteiger partial charge in [-0.25, -0.2) is 21.9 Å². The number of hydrogen-bond donors (Lipinski definition) is 2. The van der Waals surface area contributed by atoms with Crippen LogP contribution < -0.4 is 10.0 Å². The predicted octanol–water partition coefficient (Wildman–Crippen LogP) is 1.01. The van der Waals surface area contributed by atoms with Crippen molar-refractivity contribution in [2.75, 3.05) is 13.6 Å². The van der Waals surface area contributed by atoms with Crippen molar-refractivity contribution in [3.05, 3.63) is 17.0 Å². The van der Waals surface area contributed by atoms with Crippen LogP contribution in [0.15, 0.2) is 15.7 Å². The Morgan fingerprint density at radius 2 is 2.19 bits per heavy atom. The van der Waals surface area contributed by atoms with Gasteiger partial charge in [-0.1, -0.05) is 0 Å². The molecule has 0 saturated carbocycles. The van der Waals surface area contributed by atoms with Crippen molar-refractivity contribution in [1.82, 2.24) is 10.0 Å². The highest BCUT2D eigenvalue weighted by molar-refractivity contribution is 7.91. The topological polar surface area (TPSA) is 58.2 Å². The number of hydrogen-bond acceptors (Lipinski definition) is 4. The van der Waals surface area contributed by atoms with Crippen LogP contribution in [-0.2, 0) is 16.6 Å². The van der Waals surface area contributed by atoms with E-state index in [0.29, 0.717) is 6.54 Å². The first kappa shape index (κ1) is 13.5. The van der Waals surface area contributed by atoms with Gasteiger partial charge < -0.3 is 5.32 Å². The van der Waals surface area contributed by atoms with Crippen LogP contribution in [0.5, 0.6) is 0 Å². The van der Waals surface area contributed by atoms with Crippen LogP contribution in [0.2, 0.25) is 0 Å². The third kappa shape index (κ3) is 3.78. The zero-order valence-electron chi connectivity index (χ0n) is 8.54. The lowest BCUT2D eigenvalue weighted by Crippen LogP contribution is -2.28. The summed E-state index contributed by atoms with van der Waals surface area (Å²) < 4.78 is 48.6. The molecule has 0 aliphatic heterocycles. The molecule has 4 nitrogen and oxygen atoms in total. The van der Waals surface area contributed by atoms with Crippen molar-refractivity contribution < 1.29 is 17.2 Å². The molecule has 0 saturated heterocycles. The standard InChI is InChI=1S/C8H12F2N2O2S2/c1-11-3-6-2-8(15-5-6)16(13,14)12-4-7(9)10/h2,5,7,11-12H,3-4H2,1H3. The first-order valence-electron chi connectivity index (χ1n) is 4.45. The summed E-state index contributed by atoms with van der Waals surface area (Å²) in [5, 5.41) is 4.54. The molecule has 0 bridgehead atoms. The smallest absolute Gasteiger partial charge is 0.251 e. The molecule has 0 unspecified atom stereocenters. The van der Waals surface area contributed by atoms with Crippen molar-refractivity contribution in [1.29, 1.82) is 0 Å². The van der Waals surface area contributed by atoms with Gasteiger partial charge in [-0.2, -0.15) is 0 Å². The number of nitrogens with one attached hydrogen (secondary N) is 2. The van der Waals surface area contributed by atoms with Crippen LogP contribution in [0.3, 0.4) is 0 Å². The average molecular weight is 270 g/mol. The maximum Gasteiger partial charge on any atom is 0.251 e. The van der Waals surface area contributed by atoms with Crippen molar-refractivity contribution in [3.8, 4) is 0 Å². The molecule has 1 aromatic heterocycles. The van der Waals surface area contributed by atoms with E-state index in [1.807, 2.05) is 4.72 Å². The second-order valence-electron chi connectivity index (χ2n) is 3.05. The SMILES string of the molecule is CNCc1csc(S(=O)(=O)NCC(F)F)c1. The third-order valence-electron chi connectivity index (χ3n) is 1.70. The van der Waals surface area contributed by atoms with E-state index < -0.39 is 23.0 Å². The van der Waals surface area contributed by atoms with E-state index in [4.69, 9.17) is 0 Å². The number of alkyl halides is 2. The molecule has 92 valence electrons. The van der Waals surface area contributed by atoms with Crippen molar-refractivity contribution in [3.63, 3.8) is 0 Å². The summed E-state index contributed by atoms with van der Waals surface area (Å²) in [7, 11) is -2.06. The van der Waals surface area contributed by atoms with Gasteiger partial charge in [-0.3, -0.25) is 0 Å². The highest BCUT2D eigenvalue weighted by Crippen LogP contribution is 2.19. The zero-order valence-corrected chi connectivity index (χ0v) is 10.2. The molecule has 0 aliphatic carbocycles. The van der Waals surface area contributed by atoms with Crippen LogP contribution in [0.4, 0.5) is 8.78 Å². The van der Waals surface area contributed by atoms with E-state index in [2.05, 4.69) is 5.32 Å². The molecule has 0 radical (unpaired) electrons. The lowest BCUT2D eigenvalue weighted by molar-refractivity contribution is 0.153. The molecule has 0 fully saturated rings. The molecule has 2 N–H and O–H groups in total. The molecular weight excluding hydrogens is 258 g/mol. The summed E-state index contributed by atoms with van der Waals surface area (Å²) in [6, 6.07) is 1.47. The van der Waals surface area contributed by atoms with E-state index >= 15 is 0 Å². The van der Waals surface area contributed by atoms with Gasteiger partial charge >= 0.3 is 0 Å². The van der Waals surface area contributed by atoms with Crippen LogP contribution in [0, 0.1) is 0 Å². The van der Waals surface area contributed by atoms with E-state index in [9.17, 15) is 17.2 Å². The van der Waals surface area contributed by atoms with Gasteiger partial charge in [0.15, 0.2) is 0 Å². The van der Waals surface area contributed by atoms with Crippen molar-refractivity contribution in [2.24, 2.45) is 0 Å². The molecule has 0 atom stereocenters. The normalized spacial score (nSPS) is 12.2. The zero-order chi connectivity index (χ0) is 12.2. The Balaban J connectivity index is 2.74. The second-order valence-corrected chi connectivity index (χ2v) is 5.95. The fraction of sp³-hybridized carbons (Fsp3) is 0.500. The summed E-state index contributed by atoms with van der Waals surface area (Å²) in [5.74, 6) is 0. The highest BCUT2D eigenvalue weighted by atomic mass is 32.2. The average Bonchev–Trinajstić information content (AvgIpc) is 2.65. The van der Waals surface area contributed by atoms with E-state index in [-0.39, 0.29) is 4.21 Å². The number of halogens is 2. The Morgan fingerprint density at radius 1 is 1.50 bits per heavy atom. The molecule has 0 amide bonds. The fourth-order valence-electron chi connectivity index (χ4n) is 1.03. The molecule has 1 rings (SSSR count). The molecule has 8 heteroatoms. The van der Waals surface area contributed by atoms with Crippen LogP contribution in [-0.4, -0.2) is 28.4 Å². The van der Waals surface area contributed by atoms with E-state index in [0.717, 1.165) is 16.9 Å². The molecular formula is C8H12F2N2O2S2. The Morgan fingerprint density at radius 3 is 2.75 bits per heavy atom. The van der Waals surface area contributed by atoms with Crippen LogP contribution in [0.1, 0.15) is 5.56 Å². The molecule has 1 aromatic rings. The molecule has 0 aromatic carbocycles. The molecule has 0 spiro atoms. The van der Waals surface area contributed by atoms with Crippen molar-refractivity contribution in [2.45, 2.75) is 17.2 Å². The Labute approximate surface area is 96.7 Å². The highest BCUT2D eigenvalue weighted by Gasteiger charge is 2.18. The van der Waals surface area contributed by atoms with Gasteiger partial charge in [0.2, 0.25) is 10.0 Å². The first-order valence-corrected chi connectivity index (χ1v) is 6.82. The van der Waals surface area contributed by atoms with Gasteiger partial charge in [-0.15, -0.1) is 11.3 Å². The minimum absolute atomic E-state index is 0.0541. The van der Waals surface area contributed by atoms with E-state index in [1.165, 1.54) is 6.07 Å². The quantitative estimate of drug-likeness (QED) is 0.811. The maximum atomic E-state index is 11.9. The minimum Gasteiger partial charge on any atom is -0.316 e. The Hall–Kier alpha value is -0.570. The largest absolute Gasteiger partial charge is 0.316 e. The lowest BCUT2D eigenvalue weighted by atomic mass is 10.3. The van der Waals surface area contributed by atoms with Gasteiger partial charge in [0.1, 0.15) is 4.21 Å². The summed E-state index contributed by atoms with van der Waals surface area (Å²) in [5.41, 5.74) is 0.810. The third-order valence-corrected chi connectivity index (χ3v) is 4.62. The minimum atomic E-state index is -3.79. The Bertz CT molecular complexity index is 431. The lowest BCUT2D eigenvalue weighted by Gasteiger charge is -2.02. The van der Waals surface area contributed by atoms with Crippen LogP contribution in [0.25, 0.3) is 0 Å². The van der Waals surface area contributed by atoms with Gasteiger partial charge in [0.25, 0.3) is 6.43 Å². The monoisotopic (exact) mass is 270 g/mol. The maximum absolute atomic E-state index is 11.9. The van der Waals surface area contributed by atoms with Gasteiger partial charge in [0.05, 0.1) is 6.54 Å². The summed E-state index contributed by atoms with van der Waals surface area (Å²) >= 11 is 1.01. The molecule has 1 heterocycles. The number of rotatable bonds is 6. The molecule has 16 heavy (non-hydrogen) atoms. The van der Waals surface area contributed by atoms with E-state index in [1.54, 1.807) is 12.4 Å². The number of sulfonamides is 1. The second kappa shape index (κ2) is 5.67. The summed E-state index contributed by atoms with van der Waals surface area (Å²) in [4.78, 5) is 0. The number of thiophene rings is 1. The van der Waals surface area contributed by atoms with Gasteiger partial charge in [0, 0.05) is 6.54 Å². The first-order chi connectivity index (χ1) is 7.45.